The maximum absolute atomic E-state index is 10.8. The van der Waals surface area contributed by atoms with Crippen molar-refractivity contribution in [1.82, 2.24) is 4.90 Å². The number of nitrogens with zero attached hydrogens (tertiary/aromatic N) is 1. The van der Waals surface area contributed by atoms with Crippen LogP contribution < -0.4 is 0 Å². The Morgan fingerprint density at radius 3 is 2.68 bits per heavy atom. The lowest BCUT2D eigenvalue weighted by atomic mass is 9.99. The fourth-order valence-electron chi connectivity index (χ4n) is 2.48. The van der Waals surface area contributed by atoms with Crippen LogP contribution in [0.4, 0.5) is 0 Å². The molecule has 1 saturated heterocycles. The van der Waals surface area contributed by atoms with Crippen molar-refractivity contribution in [3.05, 3.63) is 35.4 Å². The molecule has 0 aromatic heterocycles. The molecule has 1 aliphatic heterocycles. The molecule has 4 nitrogen and oxygen atoms in total. The van der Waals surface area contributed by atoms with E-state index in [1.165, 1.54) is 0 Å². The monoisotopic (exact) mass is 263 g/mol. The molecule has 0 spiro atoms. The highest BCUT2D eigenvalue weighted by atomic mass is 16.5. The molecule has 0 saturated carbocycles. The highest BCUT2D eigenvalue weighted by Crippen LogP contribution is 2.21. The van der Waals surface area contributed by atoms with E-state index in [-0.39, 0.29) is 0 Å². The summed E-state index contributed by atoms with van der Waals surface area (Å²) in [6, 6.07) is 7.57. The van der Waals surface area contributed by atoms with Crippen molar-refractivity contribution in [2.75, 3.05) is 20.3 Å². The predicted octanol–water partition coefficient (Wildman–Crippen LogP) is 2.24. The third-order valence-electron chi connectivity index (χ3n) is 3.98. The van der Waals surface area contributed by atoms with Crippen molar-refractivity contribution in [3.63, 3.8) is 0 Å². The fourth-order valence-corrected chi connectivity index (χ4v) is 2.48. The van der Waals surface area contributed by atoms with E-state index in [9.17, 15) is 4.79 Å². The van der Waals surface area contributed by atoms with Gasteiger partial charge >= 0.3 is 5.97 Å². The zero-order valence-corrected chi connectivity index (χ0v) is 11.5. The molecule has 0 radical (unpaired) electrons. The standard InChI is InChI=1S/C15H21NO3/c1-11(14-7-8-19-10-14)16(2)9-12-3-5-13(6-4-12)15(17)18/h3-6,11,14H,7-10H2,1-2H3,(H,17,18). The highest BCUT2D eigenvalue weighted by Gasteiger charge is 2.25. The second-order valence-electron chi connectivity index (χ2n) is 5.28. The van der Waals surface area contributed by atoms with Gasteiger partial charge in [-0.3, -0.25) is 4.90 Å². The molecule has 1 aromatic carbocycles. The second-order valence-corrected chi connectivity index (χ2v) is 5.28. The van der Waals surface area contributed by atoms with Crippen molar-refractivity contribution in [2.45, 2.75) is 25.9 Å². The molecular weight excluding hydrogens is 242 g/mol. The average molecular weight is 263 g/mol. The first-order valence-corrected chi connectivity index (χ1v) is 6.68. The van der Waals surface area contributed by atoms with Gasteiger partial charge < -0.3 is 9.84 Å². The summed E-state index contributed by atoms with van der Waals surface area (Å²) in [6.07, 6.45) is 1.13. The Morgan fingerprint density at radius 1 is 1.47 bits per heavy atom. The van der Waals surface area contributed by atoms with Crippen molar-refractivity contribution >= 4 is 5.97 Å². The van der Waals surface area contributed by atoms with Crippen LogP contribution in [0.25, 0.3) is 0 Å². The van der Waals surface area contributed by atoms with E-state index in [4.69, 9.17) is 9.84 Å². The van der Waals surface area contributed by atoms with Gasteiger partial charge in [0, 0.05) is 19.2 Å². The van der Waals surface area contributed by atoms with Crippen LogP contribution in [0.1, 0.15) is 29.3 Å². The summed E-state index contributed by atoms with van der Waals surface area (Å²) >= 11 is 0. The number of carboxylic acid groups (broad SMARTS) is 1. The smallest absolute Gasteiger partial charge is 0.335 e. The molecule has 1 aromatic rings. The van der Waals surface area contributed by atoms with E-state index in [1.807, 2.05) is 12.1 Å². The van der Waals surface area contributed by atoms with Gasteiger partial charge in [-0.05, 0) is 44.0 Å². The quantitative estimate of drug-likeness (QED) is 0.885. The van der Waals surface area contributed by atoms with E-state index in [0.717, 1.165) is 31.7 Å². The summed E-state index contributed by atoms with van der Waals surface area (Å²) < 4.78 is 5.43. The Balaban J connectivity index is 1.94. The van der Waals surface area contributed by atoms with Crippen molar-refractivity contribution in [1.29, 1.82) is 0 Å². The van der Waals surface area contributed by atoms with Crippen LogP contribution in [0.3, 0.4) is 0 Å². The first kappa shape index (κ1) is 14.0. The molecule has 4 heteroatoms. The maximum atomic E-state index is 10.8. The average Bonchev–Trinajstić information content (AvgIpc) is 2.92. The number of carboxylic acids is 1. The third-order valence-corrected chi connectivity index (χ3v) is 3.98. The Hall–Kier alpha value is -1.39. The van der Waals surface area contributed by atoms with E-state index in [1.54, 1.807) is 12.1 Å². The van der Waals surface area contributed by atoms with Crippen molar-refractivity contribution in [3.8, 4) is 0 Å². The molecule has 2 rings (SSSR count). The van der Waals surface area contributed by atoms with Crippen LogP contribution in [0, 0.1) is 5.92 Å². The van der Waals surface area contributed by atoms with Gasteiger partial charge in [0.2, 0.25) is 0 Å². The number of hydrogen-bond acceptors (Lipinski definition) is 3. The largest absolute Gasteiger partial charge is 0.478 e. The van der Waals surface area contributed by atoms with Crippen LogP contribution >= 0.6 is 0 Å². The number of aromatic carboxylic acids is 1. The summed E-state index contributed by atoms with van der Waals surface area (Å²) in [5, 5.41) is 8.87. The van der Waals surface area contributed by atoms with Gasteiger partial charge in [0.15, 0.2) is 0 Å². The summed E-state index contributed by atoms with van der Waals surface area (Å²) in [7, 11) is 2.11. The molecule has 0 amide bonds. The number of ether oxygens (including phenoxy) is 1. The van der Waals surface area contributed by atoms with Gasteiger partial charge in [0.1, 0.15) is 0 Å². The topological polar surface area (TPSA) is 49.8 Å². The molecule has 2 unspecified atom stereocenters. The summed E-state index contributed by atoms with van der Waals surface area (Å²) in [5.74, 6) is -0.278. The summed E-state index contributed by atoms with van der Waals surface area (Å²) in [5.41, 5.74) is 1.47. The Labute approximate surface area is 114 Å². The number of rotatable bonds is 5. The van der Waals surface area contributed by atoms with Gasteiger partial charge in [0.25, 0.3) is 0 Å². The lowest BCUT2D eigenvalue weighted by Gasteiger charge is -2.28. The Morgan fingerprint density at radius 2 is 2.16 bits per heavy atom. The molecule has 104 valence electrons. The molecule has 1 heterocycles. The normalized spacial score (nSPS) is 20.7. The van der Waals surface area contributed by atoms with Crippen molar-refractivity contribution in [2.24, 2.45) is 5.92 Å². The third kappa shape index (κ3) is 3.55. The zero-order chi connectivity index (χ0) is 13.8. The van der Waals surface area contributed by atoms with E-state index < -0.39 is 5.97 Å². The molecule has 1 aliphatic rings. The molecule has 19 heavy (non-hydrogen) atoms. The molecular formula is C15H21NO3. The van der Waals surface area contributed by atoms with Gasteiger partial charge in [-0.15, -0.1) is 0 Å². The minimum Gasteiger partial charge on any atom is -0.478 e. The van der Waals surface area contributed by atoms with Crippen LogP contribution in [-0.4, -0.2) is 42.3 Å². The van der Waals surface area contributed by atoms with Crippen LogP contribution in [-0.2, 0) is 11.3 Å². The Bertz CT molecular complexity index is 424. The van der Waals surface area contributed by atoms with Crippen LogP contribution in [0.2, 0.25) is 0 Å². The van der Waals surface area contributed by atoms with Crippen LogP contribution in [0.5, 0.6) is 0 Å². The van der Waals surface area contributed by atoms with Gasteiger partial charge in [-0.25, -0.2) is 4.79 Å². The minimum absolute atomic E-state index is 0.337. The maximum Gasteiger partial charge on any atom is 0.335 e. The molecule has 1 N–H and O–H groups in total. The highest BCUT2D eigenvalue weighted by molar-refractivity contribution is 5.87. The van der Waals surface area contributed by atoms with Gasteiger partial charge in [0.05, 0.1) is 12.2 Å². The van der Waals surface area contributed by atoms with Crippen LogP contribution in [0.15, 0.2) is 24.3 Å². The number of hydrogen-bond donors (Lipinski definition) is 1. The van der Waals surface area contributed by atoms with E-state index in [0.29, 0.717) is 17.5 Å². The molecule has 2 atom stereocenters. The lowest BCUT2D eigenvalue weighted by Crippen LogP contribution is -2.35. The molecule has 0 aliphatic carbocycles. The molecule has 0 bridgehead atoms. The summed E-state index contributed by atoms with van der Waals surface area (Å²) in [6.45, 7) is 4.78. The number of benzene rings is 1. The Kier molecular flexibility index (Phi) is 4.56. The minimum atomic E-state index is -0.878. The first-order chi connectivity index (χ1) is 9.08. The lowest BCUT2D eigenvalue weighted by molar-refractivity contribution is 0.0697. The van der Waals surface area contributed by atoms with E-state index >= 15 is 0 Å². The van der Waals surface area contributed by atoms with E-state index in [2.05, 4.69) is 18.9 Å². The first-order valence-electron chi connectivity index (χ1n) is 6.68. The molecule has 1 fully saturated rings. The SMILES string of the molecule is CC(C1CCOC1)N(C)Cc1ccc(C(=O)O)cc1. The fraction of sp³-hybridized carbons (Fsp3) is 0.533. The summed E-state index contributed by atoms with van der Waals surface area (Å²) in [4.78, 5) is 13.1. The number of carbonyl (C=O) groups is 1. The second kappa shape index (κ2) is 6.17. The zero-order valence-electron chi connectivity index (χ0n) is 11.5. The van der Waals surface area contributed by atoms with Gasteiger partial charge in [-0.2, -0.15) is 0 Å². The predicted molar refractivity (Wildman–Crippen MR) is 73.3 cm³/mol. The van der Waals surface area contributed by atoms with Crippen molar-refractivity contribution < 1.29 is 14.6 Å². The van der Waals surface area contributed by atoms with Gasteiger partial charge in [-0.1, -0.05) is 12.1 Å².